The summed E-state index contributed by atoms with van der Waals surface area (Å²) in [5, 5.41) is 6.34. The van der Waals surface area contributed by atoms with E-state index in [4.69, 9.17) is 0 Å². The monoisotopic (exact) mass is 408 g/mol. The summed E-state index contributed by atoms with van der Waals surface area (Å²) >= 11 is 4.92. The lowest BCUT2D eigenvalue weighted by atomic mass is 10.2. The zero-order valence-electron chi connectivity index (χ0n) is 14.4. The van der Waals surface area contributed by atoms with Crippen molar-refractivity contribution in [3.63, 3.8) is 0 Å². The first kappa shape index (κ1) is 18.0. The van der Waals surface area contributed by atoms with Gasteiger partial charge in [0, 0.05) is 0 Å². The minimum absolute atomic E-state index is 0.155. The highest BCUT2D eigenvalue weighted by Gasteiger charge is 2.34. The van der Waals surface area contributed by atoms with Gasteiger partial charge >= 0.3 is 0 Å². The molecule has 2 fully saturated rings. The Bertz CT molecular complexity index is 740. The summed E-state index contributed by atoms with van der Waals surface area (Å²) in [5.41, 5.74) is 1.24. The molecule has 5 nitrogen and oxygen atoms in total. The fourth-order valence-corrected chi connectivity index (χ4v) is 6.16. The number of piperazine rings is 1. The fraction of sp³-hybridized carbons (Fsp3) is 0.444. The Labute approximate surface area is 165 Å². The summed E-state index contributed by atoms with van der Waals surface area (Å²) in [6, 6.07) is 5.94. The van der Waals surface area contributed by atoms with Crippen LogP contribution in [0, 0.1) is 0 Å². The Morgan fingerprint density at radius 1 is 1.23 bits per heavy atom. The van der Waals surface area contributed by atoms with Gasteiger partial charge in [-0.25, -0.2) is 0 Å². The Morgan fingerprint density at radius 3 is 2.77 bits per heavy atom. The van der Waals surface area contributed by atoms with Gasteiger partial charge in [-0.3, -0.25) is 9.59 Å². The van der Waals surface area contributed by atoms with Gasteiger partial charge in [-0.15, -0.1) is 23.1 Å². The smallest absolute Gasteiger partial charge is 0.264 e. The van der Waals surface area contributed by atoms with E-state index in [0.717, 1.165) is 44.1 Å². The predicted molar refractivity (Wildman–Crippen MR) is 107 cm³/mol. The summed E-state index contributed by atoms with van der Waals surface area (Å²) < 4.78 is 0. The molecule has 2 aromatic rings. The van der Waals surface area contributed by atoms with Crippen LogP contribution in [0.25, 0.3) is 0 Å². The van der Waals surface area contributed by atoms with E-state index in [9.17, 15) is 9.59 Å². The molecule has 2 aliphatic heterocycles. The van der Waals surface area contributed by atoms with Crippen LogP contribution in [0.5, 0.6) is 0 Å². The van der Waals surface area contributed by atoms with Crippen molar-refractivity contribution in [1.29, 1.82) is 0 Å². The quantitative estimate of drug-likeness (QED) is 0.814. The number of rotatable bonds is 5. The highest BCUT2D eigenvalue weighted by atomic mass is 32.2. The van der Waals surface area contributed by atoms with Crippen LogP contribution in [0.15, 0.2) is 34.3 Å². The average Bonchev–Trinajstić information content (AvgIpc) is 3.42. The first-order valence-corrected chi connectivity index (χ1v) is 11.7. The molecule has 0 aromatic carbocycles. The Kier molecular flexibility index (Phi) is 5.63. The molecule has 2 aliphatic rings. The summed E-state index contributed by atoms with van der Waals surface area (Å²) in [6.07, 6.45) is 0. The number of hydrogen-bond acceptors (Lipinski definition) is 5. The molecule has 2 amide bonds. The van der Waals surface area contributed by atoms with Gasteiger partial charge in [0.2, 0.25) is 5.91 Å². The van der Waals surface area contributed by atoms with Gasteiger partial charge in [0.25, 0.3) is 5.91 Å². The number of hydrogen-bond donors (Lipinski definition) is 1. The van der Waals surface area contributed by atoms with Crippen molar-refractivity contribution in [1.82, 2.24) is 9.80 Å². The van der Waals surface area contributed by atoms with Crippen LogP contribution in [0.2, 0.25) is 0 Å². The summed E-state index contributed by atoms with van der Waals surface area (Å²) in [6.45, 7) is 5.24. The third-order valence-electron chi connectivity index (χ3n) is 4.99. The van der Waals surface area contributed by atoms with Crippen molar-refractivity contribution < 1.29 is 14.5 Å². The molecule has 1 N–H and O–H groups in total. The van der Waals surface area contributed by atoms with Gasteiger partial charge in [0.05, 0.1) is 49.9 Å². The molecule has 0 bridgehead atoms. The molecule has 0 saturated carbocycles. The van der Waals surface area contributed by atoms with Crippen LogP contribution in [0.1, 0.15) is 20.6 Å². The van der Waals surface area contributed by atoms with Crippen LogP contribution in [-0.2, 0) is 4.79 Å². The van der Waals surface area contributed by atoms with Crippen LogP contribution >= 0.6 is 34.4 Å². The third-order valence-corrected chi connectivity index (χ3v) is 7.81. The maximum atomic E-state index is 12.4. The predicted octanol–water partition coefficient (Wildman–Crippen LogP) is 1.42. The number of carbonyl (C=O) groups excluding carboxylic acids is 2. The molecule has 2 saturated heterocycles. The number of amides is 2. The molecule has 0 spiro atoms. The first-order valence-electron chi connectivity index (χ1n) is 8.82. The lowest BCUT2D eigenvalue weighted by Gasteiger charge is -2.33. The lowest BCUT2D eigenvalue weighted by molar-refractivity contribution is -0.903. The Hall–Kier alpha value is -1.35. The second kappa shape index (κ2) is 8.12. The molecule has 138 valence electrons. The first-order chi connectivity index (χ1) is 12.7. The standard InChI is InChI=1S/C18H21N3O2S3/c22-16-13-26-18(14-3-11-24-12-14)21(16)9-6-19-4-7-20(8-5-19)17(23)15-2-1-10-25-15/h1-3,10-12,18H,4-9,13H2/p+1/t18-/m0/s1. The minimum Gasteiger partial charge on any atom is -0.331 e. The van der Waals surface area contributed by atoms with E-state index in [1.165, 1.54) is 21.8 Å². The van der Waals surface area contributed by atoms with Crippen LogP contribution in [0.3, 0.4) is 0 Å². The Morgan fingerprint density at radius 2 is 2.08 bits per heavy atom. The van der Waals surface area contributed by atoms with E-state index in [1.54, 1.807) is 23.1 Å². The molecule has 26 heavy (non-hydrogen) atoms. The largest absolute Gasteiger partial charge is 0.331 e. The second-order valence-electron chi connectivity index (χ2n) is 6.58. The van der Waals surface area contributed by atoms with Crippen molar-refractivity contribution in [2.45, 2.75) is 5.37 Å². The molecule has 0 unspecified atom stereocenters. The summed E-state index contributed by atoms with van der Waals surface area (Å²) in [7, 11) is 0. The number of quaternary nitrogens is 1. The van der Waals surface area contributed by atoms with Crippen LogP contribution < -0.4 is 4.90 Å². The molecule has 1 atom stereocenters. The van der Waals surface area contributed by atoms with Gasteiger partial charge in [-0.05, 0) is 33.8 Å². The van der Waals surface area contributed by atoms with Crippen molar-refractivity contribution in [2.24, 2.45) is 0 Å². The molecule has 0 radical (unpaired) electrons. The Balaban J connectivity index is 1.28. The SMILES string of the molecule is O=C(c1cccs1)N1CC[NH+](CCN2C(=O)CS[C@H]2c2ccsc2)CC1. The third kappa shape index (κ3) is 3.83. The molecule has 2 aromatic heterocycles. The van der Waals surface area contributed by atoms with Crippen molar-refractivity contribution in [2.75, 3.05) is 45.0 Å². The van der Waals surface area contributed by atoms with Gasteiger partial charge < -0.3 is 14.7 Å². The number of carbonyl (C=O) groups is 2. The van der Waals surface area contributed by atoms with E-state index in [-0.39, 0.29) is 17.2 Å². The van der Waals surface area contributed by atoms with Crippen molar-refractivity contribution in [3.8, 4) is 0 Å². The van der Waals surface area contributed by atoms with Crippen LogP contribution in [-0.4, -0.2) is 66.6 Å². The van der Waals surface area contributed by atoms with Gasteiger partial charge in [-0.2, -0.15) is 11.3 Å². The van der Waals surface area contributed by atoms with Gasteiger partial charge in [0.15, 0.2) is 0 Å². The van der Waals surface area contributed by atoms with E-state index in [0.29, 0.717) is 5.75 Å². The molecule has 4 heterocycles. The highest BCUT2D eigenvalue weighted by molar-refractivity contribution is 8.00. The van der Waals surface area contributed by atoms with Gasteiger partial charge in [-0.1, -0.05) is 6.07 Å². The minimum atomic E-state index is 0.155. The topological polar surface area (TPSA) is 45.1 Å². The van der Waals surface area contributed by atoms with E-state index in [1.807, 2.05) is 27.3 Å². The number of nitrogens with zero attached hydrogens (tertiary/aromatic N) is 2. The lowest BCUT2D eigenvalue weighted by Crippen LogP contribution is -3.15. The second-order valence-corrected chi connectivity index (χ2v) is 9.37. The van der Waals surface area contributed by atoms with E-state index < -0.39 is 0 Å². The maximum Gasteiger partial charge on any atom is 0.264 e. The molecular formula is C18H22N3O2S3+. The highest BCUT2D eigenvalue weighted by Crippen LogP contribution is 2.38. The molecule has 4 rings (SSSR count). The zero-order chi connectivity index (χ0) is 17.9. The number of thioether (sulfide) groups is 1. The number of nitrogens with one attached hydrogen (secondary N) is 1. The molecular weight excluding hydrogens is 386 g/mol. The van der Waals surface area contributed by atoms with Gasteiger partial charge in [0.1, 0.15) is 5.37 Å². The maximum absolute atomic E-state index is 12.4. The zero-order valence-corrected chi connectivity index (χ0v) is 16.9. The van der Waals surface area contributed by atoms with Crippen molar-refractivity contribution in [3.05, 3.63) is 44.8 Å². The van der Waals surface area contributed by atoms with E-state index >= 15 is 0 Å². The van der Waals surface area contributed by atoms with Crippen molar-refractivity contribution >= 4 is 46.2 Å². The number of thiophene rings is 2. The summed E-state index contributed by atoms with van der Waals surface area (Å²) in [5.74, 6) is 0.985. The molecule has 8 heteroatoms. The average molecular weight is 409 g/mol. The summed E-state index contributed by atoms with van der Waals surface area (Å²) in [4.78, 5) is 31.0. The normalized spacial score (nSPS) is 21.5. The fourth-order valence-electron chi connectivity index (χ4n) is 3.50. The van der Waals surface area contributed by atoms with Crippen LogP contribution in [0.4, 0.5) is 0 Å². The van der Waals surface area contributed by atoms with E-state index in [2.05, 4.69) is 16.8 Å². The molecule has 0 aliphatic carbocycles.